The molecule has 1 heterocycles. The lowest BCUT2D eigenvalue weighted by molar-refractivity contribution is 0.125. The van der Waals surface area contributed by atoms with Crippen molar-refractivity contribution in [3.8, 4) is 0 Å². The maximum atomic E-state index is 5.63. The SMILES string of the molecule is CN=C(NCCOCc1ccccc1)NCCn1cc(C)cn1. The molecule has 1 aromatic heterocycles. The van der Waals surface area contributed by atoms with Crippen molar-refractivity contribution in [1.82, 2.24) is 20.4 Å². The Morgan fingerprint density at radius 2 is 2.00 bits per heavy atom. The number of rotatable bonds is 8. The molecule has 0 aliphatic carbocycles. The van der Waals surface area contributed by atoms with Gasteiger partial charge < -0.3 is 15.4 Å². The Kier molecular flexibility index (Phi) is 7.13. The average molecular weight is 315 g/mol. The molecule has 0 saturated carbocycles. The van der Waals surface area contributed by atoms with E-state index in [-0.39, 0.29) is 0 Å². The van der Waals surface area contributed by atoms with Crippen LogP contribution in [0, 0.1) is 6.92 Å². The zero-order chi connectivity index (χ0) is 16.3. The minimum Gasteiger partial charge on any atom is -0.375 e. The van der Waals surface area contributed by atoms with E-state index in [1.165, 1.54) is 11.1 Å². The Hall–Kier alpha value is -2.34. The van der Waals surface area contributed by atoms with E-state index >= 15 is 0 Å². The predicted octanol–water partition coefficient (Wildman–Crippen LogP) is 1.57. The normalized spacial score (nSPS) is 11.5. The van der Waals surface area contributed by atoms with Crippen LogP contribution in [0.25, 0.3) is 0 Å². The maximum Gasteiger partial charge on any atom is 0.191 e. The zero-order valence-corrected chi connectivity index (χ0v) is 13.8. The van der Waals surface area contributed by atoms with Crippen LogP contribution < -0.4 is 10.6 Å². The van der Waals surface area contributed by atoms with Gasteiger partial charge in [-0.25, -0.2) is 0 Å². The van der Waals surface area contributed by atoms with Gasteiger partial charge >= 0.3 is 0 Å². The van der Waals surface area contributed by atoms with E-state index in [1.54, 1.807) is 7.05 Å². The van der Waals surface area contributed by atoms with Crippen molar-refractivity contribution in [2.75, 3.05) is 26.7 Å². The van der Waals surface area contributed by atoms with E-state index < -0.39 is 0 Å². The number of aromatic nitrogens is 2. The van der Waals surface area contributed by atoms with Crippen LogP contribution in [0.15, 0.2) is 47.7 Å². The first-order chi connectivity index (χ1) is 11.3. The fraction of sp³-hybridized carbons (Fsp3) is 0.412. The quantitative estimate of drug-likeness (QED) is 0.441. The molecule has 0 saturated heterocycles. The highest BCUT2D eigenvalue weighted by Gasteiger charge is 1.98. The molecule has 2 N–H and O–H groups in total. The molecule has 0 unspecified atom stereocenters. The summed E-state index contributed by atoms with van der Waals surface area (Å²) in [5.74, 6) is 0.775. The van der Waals surface area contributed by atoms with Crippen molar-refractivity contribution in [3.63, 3.8) is 0 Å². The number of ether oxygens (including phenoxy) is 1. The van der Waals surface area contributed by atoms with Crippen LogP contribution in [0.1, 0.15) is 11.1 Å². The van der Waals surface area contributed by atoms with Crippen LogP contribution in [0.5, 0.6) is 0 Å². The predicted molar refractivity (Wildman–Crippen MR) is 92.4 cm³/mol. The lowest BCUT2D eigenvalue weighted by Crippen LogP contribution is -2.40. The van der Waals surface area contributed by atoms with Crippen molar-refractivity contribution >= 4 is 5.96 Å². The number of aliphatic imine (C=N–C) groups is 1. The zero-order valence-electron chi connectivity index (χ0n) is 13.8. The third kappa shape index (κ3) is 6.52. The molecular weight excluding hydrogens is 290 g/mol. The molecule has 0 aliphatic rings. The highest BCUT2D eigenvalue weighted by atomic mass is 16.5. The van der Waals surface area contributed by atoms with Crippen molar-refractivity contribution < 1.29 is 4.74 Å². The third-order valence-corrected chi connectivity index (χ3v) is 3.27. The van der Waals surface area contributed by atoms with Crippen LogP contribution in [0.3, 0.4) is 0 Å². The van der Waals surface area contributed by atoms with Crippen molar-refractivity contribution in [1.29, 1.82) is 0 Å². The minimum atomic E-state index is 0.632. The largest absolute Gasteiger partial charge is 0.375 e. The molecule has 0 fully saturated rings. The van der Waals surface area contributed by atoms with Crippen molar-refractivity contribution in [2.24, 2.45) is 4.99 Å². The monoisotopic (exact) mass is 315 g/mol. The van der Waals surface area contributed by atoms with Crippen molar-refractivity contribution in [2.45, 2.75) is 20.1 Å². The number of nitrogens with one attached hydrogen (secondary N) is 2. The van der Waals surface area contributed by atoms with Gasteiger partial charge in [-0.3, -0.25) is 9.67 Å². The molecule has 0 radical (unpaired) electrons. The Morgan fingerprint density at radius 3 is 2.70 bits per heavy atom. The Bertz CT molecular complexity index is 594. The van der Waals surface area contributed by atoms with Gasteiger partial charge in [-0.15, -0.1) is 0 Å². The number of hydrogen-bond acceptors (Lipinski definition) is 3. The van der Waals surface area contributed by atoms with Gasteiger partial charge in [0.25, 0.3) is 0 Å². The van der Waals surface area contributed by atoms with E-state index in [4.69, 9.17) is 4.74 Å². The molecule has 0 aliphatic heterocycles. The molecule has 6 heteroatoms. The lowest BCUT2D eigenvalue weighted by Gasteiger charge is -2.12. The minimum absolute atomic E-state index is 0.632. The molecule has 0 amide bonds. The Morgan fingerprint density at radius 1 is 1.22 bits per heavy atom. The van der Waals surface area contributed by atoms with Crippen molar-refractivity contribution in [3.05, 3.63) is 53.9 Å². The summed E-state index contributed by atoms with van der Waals surface area (Å²) in [4.78, 5) is 4.19. The molecule has 0 spiro atoms. The summed E-state index contributed by atoms with van der Waals surface area (Å²) in [6.45, 7) is 5.59. The van der Waals surface area contributed by atoms with Gasteiger partial charge in [0, 0.05) is 26.3 Å². The van der Waals surface area contributed by atoms with Crippen LogP contribution in [-0.4, -0.2) is 42.5 Å². The smallest absolute Gasteiger partial charge is 0.191 e. The van der Waals surface area contributed by atoms with Gasteiger partial charge in [0.15, 0.2) is 5.96 Å². The number of nitrogens with zero attached hydrogens (tertiary/aromatic N) is 3. The molecule has 1 aromatic carbocycles. The molecule has 2 aromatic rings. The molecule has 0 atom stereocenters. The van der Waals surface area contributed by atoms with E-state index in [0.29, 0.717) is 19.8 Å². The van der Waals surface area contributed by atoms with E-state index in [2.05, 4.69) is 32.9 Å². The van der Waals surface area contributed by atoms with Crippen LogP contribution in [-0.2, 0) is 17.9 Å². The fourth-order valence-corrected chi connectivity index (χ4v) is 2.10. The second-order valence-electron chi connectivity index (χ2n) is 5.24. The Labute approximate surface area is 137 Å². The number of aryl methyl sites for hydroxylation is 1. The Balaban J connectivity index is 1.56. The van der Waals surface area contributed by atoms with Gasteiger partial charge in [0.2, 0.25) is 0 Å². The number of benzene rings is 1. The summed E-state index contributed by atoms with van der Waals surface area (Å²) >= 11 is 0. The van der Waals surface area contributed by atoms with Gasteiger partial charge in [-0.1, -0.05) is 30.3 Å². The van der Waals surface area contributed by atoms with Gasteiger partial charge in [-0.2, -0.15) is 5.10 Å². The summed E-state index contributed by atoms with van der Waals surface area (Å²) in [6, 6.07) is 10.2. The fourth-order valence-electron chi connectivity index (χ4n) is 2.10. The van der Waals surface area contributed by atoms with Gasteiger partial charge in [0.1, 0.15) is 0 Å². The van der Waals surface area contributed by atoms with E-state index in [9.17, 15) is 0 Å². The first-order valence-corrected chi connectivity index (χ1v) is 7.83. The number of hydrogen-bond donors (Lipinski definition) is 2. The van der Waals surface area contributed by atoms with Gasteiger partial charge in [-0.05, 0) is 18.1 Å². The highest BCUT2D eigenvalue weighted by molar-refractivity contribution is 5.79. The summed E-state index contributed by atoms with van der Waals surface area (Å²) in [5, 5.41) is 10.7. The van der Waals surface area contributed by atoms with Crippen LogP contribution in [0.2, 0.25) is 0 Å². The summed E-state index contributed by atoms with van der Waals surface area (Å²) in [7, 11) is 1.76. The number of guanidine groups is 1. The second-order valence-corrected chi connectivity index (χ2v) is 5.24. The summed E-state index contributed by atoms with van der Waals surface area (Å²) < 4.78 is 7.55. The summed E-state index contributed by atoms with van der Waals surface area (Å²) in [5.41, 5.74) is 2.35. The lowest BCUT2D eigenvalue weighted by atomic mass is 10.2. The van der Waals surface area contributed by atoms with Crippen LogP contribution in [0.4, 0.5) is 0 Å². The molecule has 124 valence electrons. The molecular formula is C17H25N5O. The third-order valence-electron chi connectivity index (χ3n) is 3.27. The maximum absolute atomic E-state index is 5.63. The molecule has 2 rings (SSSR count). The highest BCUT2D eigenvalue weighted by Crippen LogP contribution is 1.99. The topological polar surface area (TPSA) is 63.5 Å². The molecule has 23 heavy (non-hydrogen) atoms. The average Bonchev–Trinajstić information content (AvgIpc) is 2.99. The van der Waals surface area contributed by atoms with E-state index in [1.807, 2.05) is 42.2 Å². The van der Waals surface area contributed by atoms with Crippen LogP contribution >= 0.6 is 0 Å². The molecule has 6 nitrogen and oxygen atoms in total. The first kappa shape index (κ1) is 17.0. The first-order valence-electron chi connectivity index (χ1n) is 7.83. The summed E-state index contributed by atoms with van der Waals surface area (Å²) in [6.07, 6.45) is 3.88. The standard InChI is InChI=1S/C17H25N5O/c1-15-12-21-22(13-15)10-8-19-17(18-2)20-9-11-23-14-16-6-4-3-5-7-16/h3-7,12-13H,8-11,14H2,1-2H3,(H2,18,19,20). The van der Waals surface area contributed by atoms with E-state index in [0.717, 1.165) is 19.0 Å². The molecule has 0 bridgehead atoms. The van der Waals surface area contributed by atoms with Gasteiger partial charge in [0.05, 0.1) is 26.0 Å². The second kappa shape index (κ2) is 9.63.